The number of aliphatic imine (C=N–C) groups is 1. The predicted molar refractivity (Wildman–Crippen MR) is 116 cm³/mol. The molecule has 2 aliphatic carbocycles. The molecule has 3 atom stereocenters. The number of ether oxygens (including phenoxy) is 2. The van der Waals surface area contributed by atoms with Crippen LogP contribution in [0.25, 0.3) is 0 Å². The number of nitrogens with one attached hydrogen (secondary N) is 2. The van der Waals surface area contributed by atoms with Gasteiger partial charge < -0.3 is 25.0 Å². The molecule has 2 N–H and O–H groups in total. The lowest BCUT2D eigenvalue weighted by atomic mass is 9.54. The average molecular weight is 480 g/mol. The summed E-state index contributed by atoms with van der Waals surface area (Å²) in [4.78, 5) is 6.80. The van der Waals surface area contributed by atoms with Crippen molar-refractivity contribution in [2.24, 2.45) is 16.3 Å². The first kappa shape index (κ1) is 22.2. The van der Waals surface area contributed by atoms with E-state index >= 15 is 0 Å². The summed E-state index contributed by atoms with van der Waals surface area (Å²) in [5.41, 5.74) is 0.371. The summed E-state index contributed by atoms with van der Waals surface area (Å²) in [5, 5.41) is 7.25. The Balaban J connectivity index is 0.00000243. The zero-order chi connectivity index (χ0) is 17.7. The number of nitrogens with zero attached hydrogens (tertiary/aromatic N) is 2. The zero-order valence-electron chi connectivity index (χ0n) is 16.6. The van der Waals surface area contributed by atoms with Gasteiger partial charge in [0, 0.05) is 64.4 Å². The minimum atomic E-state index is 0. The maximum Gasteiger partial charge on any atom is 0.191 e. The molecule has 0 aromatic rings. The van der Waals surface area contributed by atoms with E-state index in [0.717, 1.165) is 45.2 Å². The van der Waals surface area contributed by atoms with E-state index in [1.165, 1.54) is 32.1 Å². The normalized spacial score (nSPS) is 29.4. The molecule has 0 aromatic carbocycles. The summed E-state index contributed by atoms with van der Waals surface area (Å²) in [6, 6.07) is 0.535. The molecule has 3 aliphatic rings. The Kier molecular flexibility index (Phi) is 8.90. The molecule has 2 saturated carbocycles. The van der Waals surface area contributed by atoms with Gasteiger partial charge >= 0.3 is 0 Å². The molecular weight excluding hydrogens is 443 g/mol. The van der Waals surface area contributed by atoms with E-state index in [4.69, 9.17) is 9.47 Å². The molecule has 3 fully saturated rings. The van der Waals surface area contributed by atoms with Crippen LogP contribution in [0.15, 0.2) is 4.99 Å². The molecule has 0 amide bonds. The largest absolute Gasteiger partial charge is 0.385 e. The van der Waals surface area contributed by atoms with Crippen LogP contribution in [0.5, 0.6) is 0 Å². The monoisotopic (exact) mass is 480 g/mol. The van der Waals surface area contributed by atoms with Gasteiger partial charge in [0.15, 0.2) is 5.96 Å². The molecule has 1 aliphatic heterocycles. The number of fused-ring (bicyclic) bond motifs is 2. The highest BCUT2D eigenvalue weighted by Crippen LogP contribution is 2.60. The van der Waals surface area contributed by atoms with Gasteiger partial charge in [-0.05, 0) is 32.7 Å². The van der Waals surface area contributed by atoms with Crippen LogP contribution in [0.3, 0.4) is 0 Å². The number of hydrogen-bond donors (Lipinski definition) is 2. The van der Waals surface area contributed by atoms with Crippen molar-refractivity contribution in [2.45, 2.75) is 50.7 Å². The van der Waals surface area contributed by atoms with E-state index in [2.05, 4.69) is 27.6 Å². The van der Waals surface area contributed by atoms with E-state index in [0.29, 0.717) is 23.5 Å². The molecule has 1 saturated heterocycles. The lowest BCUT2D eigenvalue weighted by molar-refractivity contribution is -0.125. The molecule has 152 valence electrons. The SMILES string of the molecule is CN=C(NCCN(C)CCCOC)NC1C2CCOC2C12CCCC2.I. The summed E-state index contributed by atoms with van der Waals surface area (Å²) < 4.78 is 11.2. The number of rotatable bonds is 8. The lowest BCUT2D eigenvalue weighted by Crippen LogP contribution is -2.69. The summed E-state index contributed by atoms with van der Waals surface area (Å²) in [5.74, 6) is 1.63. The van der Waals surface area contributed by atoms with Gasteiger partial charge in [-0.15, -0.1) is 24.0 Å². The van der Waals surface area contributed by atoms with E-state index < -0.39 is 0 Å². The van der Waals surface area contributed by atoms with Crippen molar-refractivity contribution in [1.29, 1.82) is 0 Å². The summed E-state index contributed by atoms with van der Waals surface area (Å²) in [7, 11) is 5.79. The maximum atomic E-state index is 6.08. The van der Waals surface area contributed by atoms with Crippen molar-refractivity contribution in [3.63, 3.8) is 0 Å². The molecule has 3 rings (SSSR count). The van der Waals surface area contributed by atoms with Crippen LogP contribution < -0.4 is 10.6 Å². The zero-order valence-corrected chi connectivity index (χ0v) is 19.0. The van der Waals surface area contributed by atoms with Crippen LogP contribution in [0.2, 0.25) is 0 Å². The fourth-order valence-electron chi connectivity index (χ4n) is 5.20. The van der Waals surface area contributed by atoms with Crippen LogP contribution in [0.4, 0.5) is 0 Å². The van der Waals surface area contributed by atoms with E-state index in [1.807, 2.05) is 7.05 Å². The Morgan fingerprint density at radius 2 is 2.08 bits per heavy atom. The summed E-state index contributed by atoms with van der Waals surface area (Å²) >= 11 is 0. The van der Waals surface area contributed by atoms with Gasteiger partial charge in [-0.2, -0.15) is 0 Å². The second-order valence-electron chi connectivity index (χ2n) is 7.95. The van der Waals surface area contributed by atoms with Crippen LogP contribution in [-0.2, 0) is 9.47 Å². The van der Waals surface area contributed by atoms with E-state index in [-0.39, 0.29) is 24.0 Å². The first-order chi connectivity index (χ1) is 12.2. The van der Waals surface area contributed by atoms with E-state index in [9.17, 15) is 0 Å². The quantitative estimate of drug-likeness (QED) is 0.241. The van der Waals surface area contributed by atoms with Crippen LogP contribution in [0, 0.1) is 11.3 Å². The van der Waals surface area contributed by atoms with Gasteiger partial charge in [-0.1, -0.05) is 12.8 Å². The van der Waals surface area contributed by atoms with Crippen LogP contribution >= 0.6 is 24.0 Å². The number of guanidine groups is 1. The van der Waals surface area contributed by atoms with Crippen molar-refractivity contribution in [2.75, 3.05) is 54.1 Å². The molecule has 6 nitrogen and oxygen atoms in total. The molecule has 26 heavy (non-hydrogen) atoms. The second kappa shape index (κ2) is 10.4. The summed E-state index contributed by atoms with van der Waals surface area (Å²) in [6.45, 7) is 4.75. The topological polar surface area (TPSA) is 58.1 Å². The van der Waals surface area contributed by atoms with Crippen molar-refractivity contribution in [1.82, 2.24) is 15.5 Å². The molecule has 7 heteroatoms. The third-order valence-corrected chi connectivity index (χ3v) is 6.48. The molecule has 3 unspecified atom stereocenters. The first-order valence-electron chi connectivity index (χ1n) is 9.97. The predicted octanol–water partition coefficient (Wildman–Crippen LogP) is 2.09. The minimum absolute atomic E-state index is 0. The van der Waals surface area contributed by atoms with Crippen LogP contribution in [-0.4, -0.2) is 77.1 Å². The van der Waals surface area contributed by atoms with Gasteiger partial charge in [0.25, 0.3) is 0 Å². The Hall–Kier alpha value is -0.120. The Labute approximate surface area is 175 Å². The first-order valence-corrected chi connectivity index (χ1v) is 9.97. The number of hydrogen-bond acceptors (Lipinski definition) is 4. The molecule has 0 radical (unpaired) electrons. The smallest absolute Gasteiger partial charge is 0.191 e. The minimum Gasteiger partial charge on any atom is -0.385 e. The molecule has 0 aromatic heterocycles. The van der Waals surface area contributed by atoms with Gasteiger partial charge in [0.1, 0.15) is 0 Å². The number of halogens is 1. The van der Waals surface area contributed by atoms with Crippen molar-refractivity contribution >= 4 is 29.9 Å². The number of likely N-dealkylation sites (N-methyl/N-ethyl adjacent to an activating group) is 1. The highest BCUT2D eigenvalue weighted by molar-refractivity contribution is 14.0. The van der Waals surface area contributed by atoms with Gasteiger partial charge in [0.05, 0.1) is 6.10 Å². The third-order valence-electron chi connectivity index (χ3n) is 6.48. The molecular formula is C19H37IN4O2. The maximum absolute atomic E-state index is 6.08. The van der Waals surface area contributed by atoms with Gasteiger partial charge in [-0.3, -0.25) is 4.99 Å². The van der Waals surface area contributed by atoms with E-state index in [1.54, 1.807) is 7.11 Å². The summed E-state index contributed by atoms with van der Waals surface area (Å²) in [6.07, 6.45) is 8.09. The Morgan fingerprint density at radius 1 is 1.31 bits per heavy atom. The third kappa shape index (κ3) is 4.64. The van der Waals surface area contributed by atoms with Crippen molar-refractivity contribution in [3.05, 3.63) is 0 Å². The highest BCUT2D eigenvalue weighted by atomic mass is 127. The molecule has 1 heterocycles. The molecule has 0 bridgehead atoms. The van der Waals surface area contributed by atoms with Gasteiger partial charge in [-0.25, -0.2) is 0 Å². The fourth-order valence-corrected chi connectivity index (χ4v) is 5.20. The van der Waals surface area contributed by atoms with Crippen LogP contribution in [0.1, 0.15) is 38.5 Å². The average Bonchev–Trinajstić information content (AvgIpc) is 3.26. The fraction of sp³-hybridized carbons (Fsp3) is 0.947. The highest BCUT2D eigenvalue weighted by Gasteiger charge is 2.65. The second-order valence-corrected chi connectivity index (χ2v) is 7.95. The van der Waals surface area contributed by atoms with Gasteiger partial charge in [0.2, 0.25) is 0 Å². The van der Waals surface area contributed by atoms with Crippen molar-refractivity contribution in [3.8, 4) is 0 Å². The Morgan fingerprint density at radius 3 is 2.77 bits per heavy atom. The molecule has 1 spiro atoms. The van der Waals surface area contributed by atoms with Crippen molar-refractivity contribution < 1.29 is 9.47 Å². The number of methoxy groups -OCH3 is 1. The standard InChI is InChI=1S/C19H36N4O2.HI/c1-20-18(21-10-12-23(2)11-6-13-24-3)22-16-15-7-14-25-17(15)19(16)8-4-5-9-19;/h15-17H,4-14H2,1-3H3,(H2,20,21,22);1H. The lowest BCUT2D eigenvalue weighted by Gasteiger charge is -2.57. The Bertz CT molecular complexity index is 457.